The molecular formula is C30H35BrClF4N3O3. The lowest BCUT2D eigenvalue weighted by atomic mass is 9.93. The fraction of sp³-hybridized carbons (Fsp3) is 0.433. The number of hydrogen-bond donors (Lipinski definition) is 0. The van der Waals surface area contributed by atoms with Crippen LogP contribution >= 0.6 is 27.5 Å². The maximum absolute atomic E-state index is 14.3. The van der Waals surface area contributed by atoms with Crippen molar-refractivity contribution < 1.29 is 31.9 Å². The number of carbonyl (C=O) groups is 2. The van der Waals surface area contributed by atoms with Crippen molar-refractivity contribution in [3.8, 4) is 11.3 Å². The van der Waals surface area contributed by atoms with Gasteiger partial charge in [0.15, 0.2) is 5.69 Å². The molecule has 0 N–H and O–H groups in total. The van der Waals surface area contributed by atoms with Crippen molar-refractivity contribution in [2.45, 2.75) is 73.3 Å². The van der Waals surface area contributed by atoms with E-state index in [0.29, 0.717) is 11.2 Å². The number of aromatic nitrogens is 2. The SMILES string of the molecule is CC(C)N(Cc1ccccc1)C(=O)C(C)(C)C.CC(C)OC(=O)c1cc(-c2nn(C)c(C(F)(F)F)c2Br)c(F)cc1Cl. The molecule has 0 aliphatic carbocycles. The van der Waals surface area contributed by atoms with Crippen LogP contribution in [0.3, 0.4) is 0 Å². The number of nitrogens with zero attached hydrogens (tertiary/aromatic N) is 3. The summed E-state index contributed by atoms with van der Waals surface area (Å²) in [4.78, 5) is 26.3. The number of amides is 1. The van der Waals surface area contributed by atoms with Crippen LogP contribution < -0.4 is 0 Å². The predicted octanol–water partition coefficient (Wildman–Crippen LogP) is 8.70. The zero-order valence-electron chi connectivity index (χ0n) is 24.7. The number of ether oxygens (including phenoxy) is 1. The van der Waals surface area contributed by atoms with Gasteiger partial charge in [0, 0.05) is 30.6 Å². The molecule has 0 saturated carbocycles. The summed E-state index contributed by atoms with van der Waals surface area (Å²) in [6.45, 7) is 13.9. The van der Waals surface area contributed by atoms with Crippen LogP contribution in [-0.4, -0.2) is 38.7 Å². The monoisotopic (exact) mass is 675 g/mol. The van der Waals surface area contributed by atoms with Gasteiger partial charge in [0.2, 0.25) is 5.91 Å². The van der Waals surface area contributed by atoms with Crippen LogP contribution in [0.15, 0.2) is 46.9 Å². The number of rotatable bonds is 6. The van der Waals surface area contributed by atoms with E-state index in [-0.39, 0.29) is 39.2 Å². The number of hydrogen-bond acceptors (Lipinski definition) is 4. The van der Waals surface area contributed by atoms with Gasteiger partial charge in [-0.2, -0.15) is 18.3 Å². The highest BCUT2D eigenvalue weighted by Gasteiger charge is 2.39. The minimum atomic E-state index is -4.69. The molecular weight excluding hydrogens is 642 g/mol. The fourth-order valence-electron chi connectivity index (χ4n) is 3.84. The molecule has 3 aromatic rings. The molecule has 0 aliphatic heterocycles. The molecule has 2 aromatic carbocycles. The molecule has 1 heterocycles. The summed E-state index contributed by atoms with van der Waals surface area (Å²) in [6, 6.07) is 12.2. The Hall–Kier alpha value is -2.92. The van der Waals surface area contributed by atoms with Gasteiger partial charge in [0.25, 0.3) is 0 Å². The molecule has 1 amide bonds. The molecule has 0 spiro atoms. The molecule has 42 heavy (non-hydrogen) atoms. The first-order valence-corrected chi connectivity index (χ1v) is 14.3. The number of halogens is 6. The quantitative estimate of drug-likeness (QED) is 0.194. The summed E-state index contributed by atoms with van der Waals surface area (Å²) in [6.07, 6.45) is -5.14. The highest BCUT2D eigenvalue weighted by Crippen LogP contribution is 2.41. The van der Waals surface area contributed by atoms with Crippen LogP contribution in [-0.2, 0) is 29.3 Å². The number of esters is 1. The Morgan fingerprint density at radius 2 is 1.64 bits per heavy atom. The van der Waals surface area contributed by atoms with E-state index in [1.165, 1.54) is 5.56 Å². The summed E-state index contributed by atoms with van der Waals surface area (Å²) < 4.78 is 58.6. The Morgan fingerprint density at radius 3 is 2.10 bits per heavy atom. The lowest BCUT2D eigenvalue weighted by Crippen LogP contribution is -2.43. The average Bonchev–Trinajstić information content (AvgIpc) is 3.15. The zero-order chi connectivity index (χ0) is 32.2. The second kappa shape index (κ2) is 14.0. The number of benzene rings is 2. The number of alkyl halides is 3. The highest BCUT2D eigenvalue weighted by atomic mass is 79.9. The van der Waals surface area contributed by atoms with E-state index in [1.54, 1.807) is 13.8 Å². The lowest BCUT2D eigenvalue weighted by molar-refractivity contribution is -0.144. The van der Waals surface area contributed by atoms with Gasteiger partial charge in [-0.1, -0.05) is 62.7 Å². The molecule has 0 aliphatic rings. The first-order valence-electron chi connectivity index (χ1n) is 13.1. The summed E-state index contributed by atoms with van der Waals surface area (Å²) >= 11 is 8.67. The third kappa shape index (κ3) is 9.04. The van der Waals surface area contributed by atoms with Crippen LogP contribution in [0, 0.1) is 11.2 Å². The fourth-order valence-corrected chi connectivity index (χ4v) is 4.84. The maximum atomic E-state index is 14.3. The summed E-state index contributed by atoms with van der Waals surface area (Å²) in [7, 11) is 1.08. The second-order valence-electron chi connectivity index (χ2n) is 11.2. The third-order valence-corrected chi connectivity index (χ3v) is 6.92. The predicted molar refractivity (Wildman–Crippen MR) is 158 cm³/mol. The largest absolute Gasteiger partial charge is 0.459 e. The standard InChI is InChI=1S/C15H12BrClF4N2O2.C15H23NO/c1-6(2)25-14(24)7-4-8(10(18)5-9(7)17)12-11(16)13(15(19,20)21)23(3)22-12;1-12(2)16(14(17)15(3,4)5)11-13-9-7-6-8-10-13/h4-6H,1-3H3;6-10,12H,11H2,1-5H3. The Kier molecular flexibility index (Phi) is 11.8. The molecule has 0 bridgehead atoms. The van der Waals surface area contributed by atoms with Gasteiger partial charge in [-0.3, -0.25) is 9.48 Å². The van der Waals surface area contributed by atoms with Crippen molar-refractivity contribution in [3.63, 3.8) is 0 Å². The zero-order valence-corrected chi connectivity index (χ0v) is 27.1. The molecule has 0 unspecified atom stereocenters. The Balaban J connectivity index is 0.000000317. The maximum Gasteiger partial charge on any atom is 0.434 e. The lowest BCUT2D eigenvalue weighted by Gasteiger charge is -2.32. The molecule has 3 rings (SSSR count). The topological polar surface area (TPSA) is 64.4 Å². The van der Waals surface area contributed by atoms with E-state index in [4.69, 9.17) is 16.3 Å². The van der Waals surface area contributed by atoms with Gasteiger partial charge < -0.3 is 9.64 Å². The Labute approximate surface area is 257 Å². The Bertz CT molecular complexity index is 1400. The molecule has 0 radical (unpaired) electrons. The Morgan fingerprint density at radius 1 is 1.07 bits per heavy atom. The van der Waals surface area contributed by atoms with E-state index < -0.39 is 34.2 Å². The highest BCUT2D eigenvalue weighted by molar-refractivity contribution is 9.10. The molecule has 6 nitrogen and oxygen atoms in total. The van der Waals surface area contributed by atoms with Crippen molar-refractivity contribution >= 4 is 39.4 Å². The first-order chi connectivity index (χ1) is 19.2. The molecule has 1 aromatic heterocycles. The van der Waals surface area contributed by atoms with Crippen molar-refractivity contribution in [1.82, 2.24) is 14.7 Å². The van der Waals surface area contributed by atoms with E-state index in [1.807, 2.05) is 43.9 Å². The minimum Gasteiger partial charge on any atom is -0.459 e. The van der Waals surface area contributed by atoms with Crippen molar-refractivity contribution in [2.75, 3.05) is 0 Å². The van der Waals surface area contributed by atoms with Crippen LogP contribution in [0.25, 0.3) is 11.3 Å². The van der Waals surface area contributed by atoms with E-state index in [9.17, 15) is 27.2 Å². The average molecular weight is 677 g/mol. The van der Waals surface area contributed by atoms with Gasteiger partial charge >= 0.3 is 12.1 Å². The summed E-state index contributed by atoms with van der Waals surface area (Å²) in [5.41, 5.74) is -1.00. The van der Waals surface area contributed by atoms with Gasteiger partial charge in [-0.15, -0.1) is 0 Å². The minimum absolute atomic E-state index is 0.169. The smallest absolute Gasteiger partial charge is 0.434 e. The van der Waals surface area contributed by atoms with Gasteiger partial charge in [0.1, 0.15) is 11.5 Å². The van der Waals surface area contributed by atoms with Gasteiger partial charge in [-0.25, -0.2) is 9.18 Å². The third-order valence-electron chi connectivity index (χ3n) is 5.85. The van der Waals surface area contributed by atoms with Gasteiger partial charge in [0.05, 0.1) is 21.2 Å². The molecule has 12 heteroatoms. The molecule has 0 fully saturated rings. The van der Waals surface area contributed by atoms with Crippen molar-refractivity contribution in [1.29, 1.82) is 0 Å². The normalized spacial score (nSPS) is 11.8. The van der Waals surface area contributed by atoms with E-state index in [0.717, 1.165) is 19.2 Å². The van der Waals surface area contributed by atoms with Crippen molar-refractivity contribution in [2.24, 2.45) is 12.5 Å². The van der Waals surface area contributed by atoms with Crippen LogP contribution in [0.4, 0.5) is 17.6 Å². The van der Waals surface area contributed by atoms with Crippen LogP contribution in [0.1, 0.15) is 70.1 Å². The van der Waals surface area contributed by atoms with Gasteiger partial charge in [-0.05, 0) is 61.3 Å². The van der Waals surface area contributed by atoms with Crippen molar-refractivity contribution in [3.05, 3.63) is 74.6 Å². The first kappa shape index (κ1) is 35.3. The second-order valence-corrected chi connectivity index (χ2v) is 12.4. The van der Waals surface area contributed by atoms with E-state index in [2.05, 4.69) is 47.0 Å². The summed E-state index contributed by atoms with van der Waals surface area (Å²) in [5, 5.41) is 3.50. The molecule has 0 saturated heterocycles. The van der Waals surface area contributed by atoms with Crippen LogP contribution in [0.2, 0.25) is 5.02 Å². The van der Waals surface area contributed by atoms with E-state index >= 15 is 0 Å². The molecule has 230 valence electrons. The van der Waals surface area contributed by atoms with Crippen LogP contribution in [0.5, 0.6) is 0 Å². The molecule has 0 atom stereocenters. The number of aryl methyl sites for hydroxylation is 1. The summed E-state index contributed by atoms with van der Waals surface area (Å²) in [5.74, 6) is -1.53. The number of carbonyl (C=O) groups excluding carboxylic acids is 2.